The summed E-state index contributed by atoms with van der Waals surface area (Å²) in [6.07, 6.45) is 1.12. The predicted molar refractivity (Wildman–Crippen MR) is 156 cm³/mol. The van der Waals surface area contributed by atoms with Crippen molar-refractivity contribution in [2.24, 2.45) is 0 Å². The summed E-state index contributed by atoms with van der Waals surface area (Å²) in [6, 6.07) is 24.4. The van der Waals surface area contributed by atoms with E-state index in [1.165, 1.54) is 28.6 Å². The number of rotatable bonds is 13. The molecule has 3 aromatic carbocycles. The number of morpholine rings is 1. The molecule has 0 bridgehead atoms. The lowest BCUT2D eigenvalue weighted by Gasteiger charge is -2.31. The molecule has 218 valence electrons. The molecule has 1 saturated heterocycles. The lowest BCUT2D eigenvalue weighted by Crippen LogP contribution is -2.51. The van der Waals surface area contributed by atoms with Gasteiger partial charge in [-0.1, -0.05) is 67.6 Å². The van der Waals surface area contributed by atoms with Crippen molar-refractivity contribution < 1.29 is 27.5 Å². The van der Waals surface area contributed by atoms with Gasteiger partial charge in [-0.25, -0.2) is 8.42 Å². The zero-order valence-electron chi connectivity index (χ0n) is 23.3. The molecule has 0 saturated carbocycles. The average Bonchev–Trinajstić information content (AvgIpc) is 3.02. The third-order valence-electron chi connectivity index (χ3n) is 6.81. The number of carbonyl (C=O) groups excluding carboxylic acids is 2. The summed E-state index contributed by atoms with van der Waals surface area (Å²) < 4.78 is 38.3. The first-order valence-electron chi connectivity index (χ1n) is 13.8. The fourth-order valence-corrected chi connectivity index (χ4v) is 5.98. The predicted octanol–water partition coefficient (Wildman–Crippen LogP) is 3.25. The van der Waals surface area contributed by atoms with Gasteiger partial charge in [-0.15, -0.1) is 0 Å². The van der Waals surface area contributed by atoms with Crippen LogP contribution in [0, 0.1) is 0 Å². The van der Waals surface area contributed by atoms with Crippen LogP contribution >= 0.6 is 0 Å². The Morgan fingerprint density at radius 1 is 0.927 bits per heavy atom. The van der Waals surface area contributed by atoms with E-state index in [-0.39, 0.29) is 29.9 Å². The van der Waals surface area contributed by atoms with Gasteiger partial charge in [-0.3, -0.25) is 9.59 Å². The smallest absolute Gasteiger partial charge is 0.261 e. The Morgan fingerprint density at radius 3 is 2.15 bits per heavy atom. The number of amides is 2. The quantitative estimate of drug-likeness (QED) is 0.333. The molecule has 1 N–H and O–H groups in total. The van der Waals surface area contributed by atoms with Gasteiger partial charge in [0.25, 0.3) is 5.91 Å². The zero-order valence-corrected chi connectivity index (χ0v) is 24.1. The average molecular weight is 580 g/mol. The van der Waals surface area contributed by atoms with Crippen molar-refractivity contribution in [1.29, 1.82) is 0 Å². The van der Waals surface area contributed by atoms with Gasteiger partial charge in [0, 0.05) is 32.6 Å². The molecule has 1 heterocycles. The van der Waals surface area contributed by atoms with Gasteiger partial charge in [0.15, 0.2) is 6.61 Å². The molecule has 0 unspecified atom stereocenters. The number of benzene rings is 3. The number of carbonyl (C=O) groups is 2. The Labute approximate surface area is 242 Å². The van der Waals surface area contributed by atoms with Gasteiger partial charge in [-0.2, -0.15) is 4.31 Å². The van der Waals surface area contributed by atoms with Crippen LogP contribution in [0.4, 0.5) is 0 Å². The molecule has 0 spiro atoms. The maximum absolute atomic E-state index is 13.7. The normalized spacial score (nSPS) is 14.7. The van der Waals surface area contributed by atoms with Gasteiger partial charge in [0.05, 0.1) is 18.1 Å². The van der Waals surface area contributed by atoms with Crippen LogP contribution in [0.1, 0.15) is 24.5 Å². The monoisotopic (exact) mass is 579 g/mol. The molecule has 10 heteroatoms. The molecule has 0 radical (unpaired) electrons. The molecule has 4 rings (SSSR count). The van der Waals surface area contributed by atoms with E-state index >= 15 is 0 Å². The molecule has 2 amide bonds. The van der Waals surface area contributed by atoms with Crippen LogP contribution in [0.25, 0.3) is 0 Å². The SMILES string of the molecule is CCCNC(=O)[C@@H](Cc1ccccc1)N(Cc1ccccc1)C(=O)COc1ccc(S(=O)(=O)N2CCOCC2)cc1. The van der Waals surface area contributed by atoms with E-state index in [1.54, 1.807) is 4.90 Å². The van der Waals surface area contributed by atoms with Crippen LogP contribution in [0.5, 0.6) is 5.75 Å². The number of sulfonamides is 1. The second-order valence-corrected chi connectivity index (χ2v) is 11.7. The maximum Gasteiger partial charge on any atom is 0.261 e. The second kappa shape index (κ2) is 14.8. The summed E-state index contributed by atoms with van der Waals surface area (Å²) >= 11 is 0. The highest BCUT2D eigenvalue weighted by molar-refractivity contribution is 7.89. The van der Waals surface area contributed by atoms with Crippen molar-refractivity contribution in [3.8, 4) is 5.75 Å². The summed E-state index contributed by atoms with van der Waals surface area (Å²) in [4.78, 5) is 28.7. The van der Waals surface area contributed by atoms with Crippen LogP contribution in [0.2, 0.25) is 0 Å². The minimum absolute atomic E-state index is 0.152. The van der Waals surface area contributed by atoms with Crippen LogP contribution in [0.15, 0.2) is 89.8 Å². The van der Waals surface area contributed by atoms with Crippen molar-refractivity contribution in [2.75, 3.05) is 39.5 Å². The number of nitrogens with one attached hydrogen (secondary N) is 1. The standard InChI is InChI=1S/C31H37N3O6S/c1-2-17-32-31(36)29(22-25-9-5-3-6-10-25)34(23-26-11-7-4-8-12-26)30(35)24-40-27-13-15-28(16-14-27)41(37,38)33-18-20-39-21-19-33/h3-16,29H,2,17-24H2,1H3,(H,32,36)/t29-/m1/s1. The van der Waals surface area contributed by atoms with Crippen LogP contribution in [0.3, 0.4) is 0 Å². The van der Waals surface area contributed by atoms with Crippen molar-refractivity contribution in [2.45, 2.75) is 37.2 Å². The summed E-state index contributed by atoms with van der Waals surface area (Å²) in [5.41, 5.74) is 1.83. The van der Waals surface area contributed by atoms with Gasteiger partial charge in [0.2, 0.25) is 15.9 Å². The fraction of sp³-hybridized carbons (Fsp3) is 0.355. The molecule has 9 nitrogen and oxygen atoms in total. The topological polar surface area (TPSA) is 105 Å². The first kappa shape index (κ1) is 30.2. The Bertz CT molecular complexity index is 1360. The van der Waals surface area contributed by atoms with E-state index in [2.05, 4.69) is 5.32 Å². The van der Waals surface area contributed by atoms with E-state index in [9.17, 15) is 18.0 Å². The molecular formula is C31H37N3O6S. The highest BCUT2D eigenvalue weighted by atomic mass is 32.2. The highest BCUT2D eigenvalue weighted by Crippen LogP contribution is 2.21. The molecule has 0 aromatic heterocycles. The van der Waals surface area contributed by atoms with Gasteiger partial charge < -0.3 is 19.7 Å². The molecule has 41 heavy (non-hydrogen) atoms. The molecule has 1 fully saturated rings. The summed E-state index contributed by atoms with van der Waals surface area (Å²) in [5.74, 6) is -0.224. The highest BCUT2D eigenvalue weighted by Gasteiger charge is 2.31. The largest absolute Gasteiger partial charge is 0.484 e. The lowest BCUT2D eigenvalue weighted by molar-refractivity contribution is -0.142. The summed E-state index contributed by atoms with van der Waals surface area (Å²) in [6.45, 7) is 3.75. The minimum Gasteiger partial charge on any atom is -0.484 e. The van der Waals surface area contributed by atoms with Crippen LogP contribution < -0.4 is 10.1 Å². The van der Waals surface area contributed by atoms with E-state index in [0.29, 0.717) is 45.0 Å². The van der Waals surface area contributed by atoms with E-state index < -0.39 is 16.1 Å². The fourth-order valence-electron chi connectivity index (χ4n) is 4.57. The van der Waals surface area contributed by atoms with Crippen LogP contribution in [-0.2, 0) is 37.3 Å². The molecular weight excluding hydrogens is 542 g/mol. The van der Waals surface area contributed by atoms with Crippen molar-refractivity contribution in [1.82, 2.24) is 14.5 Å². The number of nitrogens with zero attached hydrogens (tertiary/aromatic N) is 2. The number of hydrogen-bond acceptors (Lipinski definition) is 6. The minimum atomic E-state index is -3.64. The second-order valence-electron chi connectivity index (χ2n) is 9.78. The Kier molecular flexibility index (Phi) is 10.9. The third-order valence-corrected chi connectivity index (χ3v) is 8.72. The third kappa shape index (κ3) is 8.39. The summed E-state index contributed by atoms with van der Waals surface area (Å²) in [5, 5.41) is 2.95. The molecule has 1 aliphatic heterocycles. The maximum atomic E-state index is 13.7. The first-order chi connectivity index (χ1) is 19.9. The number of ether oxygens (including phenoxy) is 2. The van der Waals surface area contributed by atoms with Crippen LogP contribution in [-0.4, -0.2) is 74.9 Å². The Hall–Kier alpha value is -3.73. The van der Waals surface area contributed by atoms with Crippen molar-refractivity contribution in [3.05, 3.63) is 96.1 Å². The van der Waals surface area contributed by atoms with Gasteiger partial charge in [-0.05, 0) is 41.8 Å². The molecule has 3 aromatic rings. The van der Waals surface area contributed by atoms with Crippen molar-refractivity contribution in [3.63, 3.8) is 0 Å². The summed E-state index contributed by atoms with van der Waals surface area (Å²) in [7, 11) is -3.64. The lowest BCUT2D eigenvalue weighted by atomic mass is 10.0. The Balaban J connectivity index is 1.51. The molecule has 1 aliphatic rings. The Morgan fingerprint density at radius 2 is 1.54 bits per heavy atom. The molecule has 0 aliphatic carbocycles. The van der Waals surface area contributed by atoms with E-state index in [1.807, 2.05) is 67.6 Å². The van der Waals surface area contributed by atoms with E-state index in [0.717, 1.165) is 17.5 Å². The zero-order chi connectivity index (χ0) is 29.1. The van der Waals surface area contributed by atoms with E-state index in [4.69, 9.17) is 9.47 Å². The van der Waals surface area contributed by atoms with Gasteiger partial charge in [0.1, 0.15) is 11.8 Å². The van der Waals surface area contributed by atoms with Gasteiger partial charge >= 0.3 is 0 Å². The van der Waals surface area contributed by atoms with Crippen molar-refractivity contribution >= 4 is 21.8 Å². The number of hydrogen-bond donors (Lipinski definition) is 1. The first-order valence-corrected chi connectivity index (χ1v) is 15.3. The molecule has 1 atom stereocenters.